The average molecular weight is 358 g/mol. The maximum Gasteiger partial charge on any atom is 0.416 e. The summed E-state index contributed by atoms with van der Waals surface area (Å²) in [5.41, 5.74) is -1.66. The van der Waals surface area contributed by atoms with Crippen LogP contribution in [0, 0.1) is 0 Å². The molecule has 1 aromatic rings. The summed E-state index contributed by atoms with van der Waals surface area (Å²) >= 11 is 0. The van der Waals surface area contributed by atoms with E-state index in [1.54, 1.807) is 0 Å². The van der Waals surface area contributed by atoms with Gasteiger partial charge in [0.2, 0.25) is 5.91 Å². The van der Waals surface area contributed by atoms with Crippen molar-refractivity contribution in [3.05, 3.63) is 35.4 Å². The number of amides is 2. The van der Waals surface area contributed by atoms with Gasteiger partial charge in [-0.25, -0.2) is 0 Å². The van der Waals surface area contributed by atoms with Crippen LogP contribution in [0.25, 0.3) is 0 Å². The summed E-state index contributed by atoms with van der Waals surface area (Å²) in [6.07, 6.45) is -2.76. The van der Waals surface area contributed by atoms with Gasteiger partial charge in [0.1, 0.15) is 0 Å². The Hall–Kier alpha value is -2.58. The van der Waals surface area contributed by atoms with E-state index in [1.165, 1.54) is 0 Å². The molecule has 3 N–H and O–H groups in total. The fourth-order valence-electron chi connectivity index (χ4n) is 2.65. The van der Waals surface area contributed by atoms with Gasteiger partial charge in [-0.1, -0.05) is 0 Å². The van der Waals surface area contributed by atoms with Crippen molar-refractivity contribution < 1.29 is 32.7 Å². The Bertz CT molecular complexity index is 667. The lowest BCUT2D eigenvalue weighted by atomic mass is 9.74. The highest BCUT2D eigenvalue weighted by Crippen LogP contribution is 2.34. The molecule has 0 heterocycles. The van der Waals surface area contributed by atoms with Crippen molar-refractivity contribution in [2.45, 2.75) is 37.4 Å². The molecule has 6 nitrogen and oxygen atoms in total. The smallest absolute Gasteiger partial charge is 0.416 e. The highest BCUT2D eigenvalue weighted by Gasteiger charge is 2.40. The molecule has 0 spiro atoms. The van der Waals surface area contributed by atoms with Gasteiger partial charge in [0, 0.05) is 5.56 Å². The van der Waals surface area contributed by atoms with E-state index < -0.39 is 35.1 Å². The number of carbonyl (C=O) groups excluding carboxylic acids is 2. The maximum absolute atomic E-state index is 12.5. The molecule has 1 aromatic carbocycles. The fraction of sp³-hybridized carbons (Fsp3) is 0.438. The highest BCUT2D eigenvalue weighted by molar-refractivity contribution is 5.96. The highest BCUT2D eigenvalue weighted by atomic mass is 19.4. The van der Waals surface area contributed by atoms with Crippen LogP contribution in [0.4, 0.5) is 13.2 Å². The summed E-state index contributed by atoms with van der Waals surface area (Å²) in [4.78, 5) is 34.6. The summed E-state index contributed by atoms with van der Waals surface area (Å²) in [5.74, 6) is -2.25. The normalized spacial score (nSPS) is 15.8. The van der Waals surface area contributed by atoms with Crippen LogP contribution in [0.5, 0.6) is 0 Å². The number of hydrogen-bond acceptors (Lipinski definition) is 3. The van der Waals surface area contributed by atoms with Crippen molar-refractivity contribution >= 4 is 17.8 Å². The Labute approximate surface area is 141 Å². The monoisotopic (exact) mass is 358 g/mol. The number of aliphatic carboxylic acids is 1. The van der Waals surface area contributed by atoms with Gasteiger partial charge < -0.3 is 15.7 Å². The molecule has 2 amide bonds. The first-order valence-corrected chi connectivity index (χ1v) is 7.60. The third-order valence-corrected chi connectivity index (χ3v) is 4.09. The quantitative estimate of drug-likeness (QED) is 0.724. The molecule has 1 saturated carbocycles. The molecule has 0 bridgehead atoms. The molecule has 0 saturated heterocycles. The summed E-state index contributed by atoms with van der Waals surface area (Å²) in [5, 5.41) is 13.8. The van der Waals surface area contributed by atoms with E-state index in [-0.39, 0.29) is 18.5 Å². The Balaban J connectivity index is 1.87. The largest absolute Gasteiger partial charge is 0.481 e. The minimum absolute atomic E-state index is 0.00954. The summed E-state index contributed by atoms with van der Waals surface area (Å²) in [7, 11) is 0. The summed E-state index contributed by atoms with van der Waals surface area (Å²) in [6, 6.07) is 3.61. The van der Waals surface area contributed by atoms with Crippen LogP contribution in [0.1, 0.15) is 41.6 Å². The van der Waals surface area contributed by atoms with Crippen molar-refractivity contribution in [3.63, 3.8) is 0 Å². The standard InChI is InChI=1S/C16H17F3N2O4/c17-16(18,19)11-4-2-10(3-5-11)14(25)20-9-12(22)21-15(6-1-7-15)8-13(23)24/h2-5H,1,6-9H2,(H,20,25)(H,21,22)(H,23,24). The Kier molecular flexibility index (Phi) is 5.34. The second-order valence-corrected chi connectivity index (χ2v) is 6.01. The molecule has 0 atom stereocenters. The summed E-state index contributed by atoms with van der Waals surface area (Å²) < 4.78 is 37.4. The Morgan fingerprint density at radius 3 is 2.16 bits per heavy atom. The maximum atomic E-state index is 12.5. The van der Waals surface area contributed by atoms with Gasteiger partial charge in [0.15, 0.2) is 0 Å². The van der Waals surface area contributed by atoms with E-state index in [2.05, 4.69) is 10.6 Å². The van der Waals surface area contributed by atoms with Gasteiger partial charge in [0.25, 0.3) is 5.91 Å². The molecular weight excluding hydrogens is 341 g/mol. The van der Waals surface area contributed by atoms with Gasteiger partial charge in [-0.3, -0.25) is 14.4 Å². The van der Waals surface area contributed by atoms with E-state index in [0.29, 0.717) is 12.8 Å². The molecular formula is C16H17F3N2O4. The number of halogens is 3. The lowest BCUT2D eigenvalue weighted by molar-refractivity contribution is -0.140. The molecule has 1 fully saturated rings. The first-order chi connectivity index (χ1) is 11.6. The van der Waals surface area contributed by atoms with Crippen molar-refractivity contribution in [1.82, 2.24) is 10.6 Å². The van der Waals surface area contributed by atoms with E-state index >= 15 is 0 Å². The predicted molar refractivity (Wildman–Crippen MR) is 80.8 cm³/mol. The van der Waals surface area contributed by atoms with Crippen LogP contribution in [-0.4, -0.2) is 35.0 Å². The molecule has 2 rings (SSSR count). The van der Waals surface area contributed by atoms with Crippen molar-refractivity contribution in [1.29, 1.82) is 0 Å². The number of carboxylic acid groups (broad SMARTS) is 1. The molecule has 1 aliphatic carbocycles. The van der Waals surface area contributed by atoms with Crippen LogP contribution in [-0.2, 0) is 15.8 Å². The van der Waals surface area contributed by atoms with Gasteiger partial charge >= 0.3 is 12.1 Å². The molecule has 0 aromatic heterocycles. The lowest BCUT2D eigenvalue weighted by Crippen LogP contribution is -2.56. The lowest BCUT2D eigenvalue weighted by Gasteiger charge is -2.41. The Morgan fingerprint density at radius 1 is 1.12 bits per heavy atom. The molecule has 136 valence electrons. The van der Waals surface area contributed by atoms with Crippen molar-refractivity contribution in [2.24, 2.45) is 0 Å². The zero-order valence-electron chi connectivity index (χ0n) is 13.2. The molecule has 0 radical (unpaired) electrons. The molecule has 25 heavy (non-hydrogen) atoms. The van der Waals surface area contributed by atoms with Crippen molar-refractivity contribution in [2.75, 3.05) is 6.54 Å². The van der Waals surface area contributed by atoms with E-state index in [9.17, 15) is 27.6 Å². The topological polar surface area (TPSA) is 95.5 Å². The van der Waals surface area contributed by atoms with Crippen LogP contribution < -0.4 is 10.6 Å². The summed E-state index contributed by atoms with van der Waals surface area (Å²) in [6.45, 7) is -0.388. The molecule has 1 aliphatic rings. The molecule has 9 heteroatoms. The van der Waals surface area contributed by atoms with Gasteiger partial charge in [0.05, 0.1) is 24.1 Å². The predicted octanol–water partition coefficient (Wildman–Crippen LogP) is 1.95. The minimum Gasteiger partial charge on any atom is -0.481 e. The van der Waals surface area contributed by atoms with Crippen molar-refractivity contribution in [3.8, 4) is 0 Å². The third kappa shape index (κ3) is 4.94. The number of carbonyl (C=O) groups is 3. The average Bonchev–Trinajstić information content (AvgIpc) is 2.49. The second-order valence-electron chi connectivity index (χ2n) is 6.01. The van der Waals surface area contributed by atoms with Crippen LogP contribution in [0.2, 0.25) is 0 Å². The van der Waals surface area contributed by atoms with Crippen LogP contribution >= 0.6 is 0 Å². The zero-order valence-corrected chi connectivity index (χ0v) is 13.2. The minimum atomic E-state index is -4.49. The number of carboxylic acids is 1. The van der Waals surface area contributed by atoms with E-state index in [1.807, 2.05) is 0 Å². The third-order valence-electron chi connectivity index (χ3n) is 4.09. The van der Waals surface area contributed by atoms with Crippen LogP contribution in [0.3, 0.4) is 0 Å². The number of rotatable bonds is 6. The Morgan fingerprint density at radius 2 is 1.72 bits per heavy atom. The SMILES string of the molecule is O=C(O)CC1(NC(=O)CNC(=O)c2ccc(C(F)(F)F)cc2)CCC1. The van der Waals surface area contributed by atoms with E-state index in [0.717, 1.165) is 30.7 Å². The first-order valence-electron chi connectivity index (χ1n) is 7.60. The van der Waals surface area contributed by atoms with Crippen LogP contribution in [0.15, 0.2) is 24.3 Å². The number of nitrogens with one attached hydrogen (secondary N) is 2. The second kappa shape index (κ2) is 7.12. The number of benzene rings is 1. The first kappa shape index (κ1) is 18.8. The zero-order chi connectivity index (χ0) is 18.7. The van der Waals surface area contributed by atoms with Gasteiger partial charge in [-0.05, 0) is 43.5 Å². The van der Waals surface area contributed by atoms with Gasteiger partial charge in [-0.15, -0.1) is 0 Å². The number of alkyl halides is 3. The van der Waals surface area contributed by atoms with Gasteiger partial charge in [-0.2, -0.15) is 13.2 Å². The number of hydrogen-bond donors (Lipinski definition) is 3. The fourth-order valence-corrected chi connectivity index (χ4v) is 2.65. The molecule has 0 unspecified atom stereocenters. The molecule has 0 aliphatic heterocycles. The van der Waals surface area contributed by atoms with E-state index in [4.69, 9.17) is 5.11 Å².